The number of carbonyl (C=O) groups excluding carboxylic acids is 1. The van der Waals surface area contributed by atoms with Crippen LogP contribution in [0.2, 0.25) is 0 Å². The molecule has 3 rings (SSSR count). The monoisotopic (exact) mass is 438 g/mol. The van der Waals surface area contributed by atoms with Gasteiger partial charge in [-0.1, -0.05) is 48.0 Å². The molecule has 2 N–H and O–H groups in total. The minimum absolute atomic E-state index is 0.133. The second-order valence-electron chi connectivity index (χ2n) is 7.42. The Morgan fingerprint density at radius 3 is 2.29 bits per heavy atom. The second kappa shape index (κ2) is 9.66. The lowest BCUT2D eigenvalue weighted by Crippen LogP contribution is -2.37. The average molecular weight is 439 g/mol. The van der Waals surface area contributed by atoms with Crippen molar-refractivity contribution in [2.24, 2.45) is 0 Å². The molecule has 0 aliphatic rings. The number of benzene rings is 3. The van der Waals surface area contributed by atoms with Crippen molar-refractivity contribution in [2.45, 2.75) is 31.7 Å². The van der Waals surface area contributed by atoms with Gasteiger partial charge in [-0.15, -0.1) is 0 Å². The average Bonchev–Trinajstić information content (AvgIpc) is 2.73. The van der Waals surface area contributed by atoms with Crippen LogP contribution in [-0.4, -0.2) is 27.0 Å². The molecule has 7 heteroatoms. The normalized spacial score (nSPS) is 12.1. The van der Waals surface area contributed by atoms with Crippen LogP contribution in [-0.2, 0) is 10.0 Å². The fraction of sp³-hybridized carbons (Fsp3) is 0.208. The Labute approximate surface area is 183 Å². The number of carbonyl (C=O) groups is 1. The second-order valence-corrected chi connectivity index (χ2v) is 9.10. The Kier molecular flexibility index (Phi) is 6.97. The zero-order valence-corrected chi connectivity index (χ0v) is 18.6. The fourth-order valence-electron chi connectivity index (χ4n) is 2.97. The molecule has 0 aromatic heterocycles. The largest absolute Gasteiger partial charge is 0.491 e. The first kappa shape index (κ1) is 22.4. The smallest absolute Gasteiger partial charge is 0.261 e. The van der Waals surface area contributed by atoms with Gasteiger partial charge in [0.15, 0.2) is 0 Å². The molecular formula is C24H26N2O4S. The topological polar surface area (TPSA) is 84.5 Å². The third-order valence-electron chi connectivity index (χ3n) is 4.71. The van der Waals surface area contributed by atoms with Crippen LogP contribution < -0.4 is 14.8 Å². The van der Waals surface area contributed by atoms with Crippen molar-refractivity contribution >= 4 is 21.6 Å². The molecule has 0 saturated heterocycles. The minimum Gasteiger partial charge on any atom is -0.491 e. The summed E-state index contributed by atoms with van der Waals surface area (Å²) in [6.07, 6.45) is 0. The van der Waals surface area contributed by atoms with Crippen LogP contribution in [0, 0.1) is 13.8 Å². The van der Waals surface area contributed by atoms with E-state index in [9.17, 15) is 13.2 Å². The van der Waals surface area contributed by atoms with Gasteiger partial charge >= 0.3 is 0 Å². The Balaban J connectivity index is 1.69. The Bertz CT molecular complexity index is 1160. The van der Waals surface area contributed by atoms with Crippen LogP contribution in [0.15, 0.2) is 77.7 Å². The van der Waals surface area contributed by atoms with Crippen molar-refractivity contribution in [1.29, 1.82) is 0 Å². The predicted molar refractivity (Wildman–Crippen MR) is 122 cm³/mol. The summed E-state index contributed by atoms with van der Waals surface area (Å²) in [6, 6.07) is 20.4. The van der Waals surface area contributed by atoms with E-state index in [1.807, 2.05) is 45.0 Å². The number of ether oxygens (including phenoxy) is 1. The van der Waals surface area contributed by atoms with E-state index in [4.69, 9.17) is 4.74 Å². The minimum atomic E-state index is -3.82. The Morgan fingerprint density at radius 1 is 0.935 bits per heavy atom. The highest BCUT2D eigenvalue weighted by Crippen LogP contribution is 2.21. The lowest BCUT2D eigenvalue weighted by molar-refractivity contribution is 0.0927. The first-order valence-corrected chi connectivity index (χ1v) is 11.4. The molecular weight excluding hydrogens is 412 g/mol. The van der Waals surface area contributed by atoms with Gasteiger partial charge in [-0.3, -0.25) is 9.52 Å². The van der Waals surface area contributed by atoms with Crippen LogP contribution in [0.5, 0.6) is 5.75 Å². The van der Waals surface area contributed by atoms with Gasteiger partial charge in [-0.25, -0.2) is 8.42 Å². The van der Waals surface area contributed by atoms with Gasteiger partial charge < -0.3 is 10.1 Å². The molecule has 0 radical (unpaired) electrons. The highest BCUT2D eigenvalue weighted by Gasteiger charge is 2.19. The van der Waals surface area contributed by atoms with Gasteiger partial charge in [0.05, 0.1) is 22.2 Å². The van der Waals surface area contributed by atoms with Gasteiger partial charge in [0.1, 0.15) is 12.4 Å². The molecule has 3 aromatic rings. The first-order chi connectivity index (χ1) is 14.8. The van der Waals surface area contributed by atoms with Crippen molar-refractivity contribution < 1.29 is 17.9 Å². The van der Waals surface area contributed by atoms with Crippen molar-refractivity contribution in [1.82, 2.24) is 5.32 Å². The number of hydrogen-bond donors (Lipinski definition) is 2. The number of sulfonamides is 1. The molecule has 0 unspecified atom stereocenters. The van der Waals surface area contributed by atoms with Crippen molar-refractivity contribution in [3.8, 4) is 5.75 Å². The third kappa shape index (κ3) is 5.86. The standard InChI is InChI=1S/C24H26N2O4S/c1-17-12-14-20(15-13-17)31(28,29)26-22-10-6-5-9-21(22)24(27)25-19(3)16-30-23-11-7-4-8-18(23)2/h4-15,19,26H,16H2,1-3H3,(H,25,27)/t19-/m1/s1. The van der Waals surface area contributed by atoms with Gasteiger partial charge in [0.2, 0.25) is 0 Å². The summed E-state index contributed by atoms with van der Waals surface area (Å²) in [5, 5.41) is 2.86. The summed E-state index contributed by atoms with van der Waals surface area (Å²) >= 11 is 0. The maximum atomic E-state index is 12.8. The summed E-state index contributed by atoms with van der Waals surface area (Å²) in [5.74, 6) is 0.373. The molecule has 0 aliphatic heterocycles. The molecule has 0 saturated carbocycles. The van der Waals surface area contributed by atoms with E-state index in [0.717, 1.165) is 16.9 Å². The van der Waals surface area contributed by atoms with Gasteiger partial charge in [-0.05, 0) is 56.7 Å². The predicted octanol–water partition coefficient (Wildman–Crippen LogP) is 4.30. The van der Waals surface area contributed by atoms with Crippen LogP contribution >= 0.6 is 0 Å². The number of hydrogen-bond acceptors (Lipinski definition) is 4. The highest BCUT2D eigenvalue weighted by atomic mass is 32.2. The van der Waals surface area contributed by atoms with Crippen molar-refractivity contribution in [3.05, 3.63) is 89.5 Å². The maximum Gasteiger partial charge on any atom is 0.261 e. The number of amides is 1. The molecule has 3 aromatic carbocycles. The fourth-order valence-corrected chi connectivity index (χ4v) is 4.05. The summed E-state index contributed by atoms with van der Waals surface area (Å²) in [6.45, 7) is 5.95. The molecule has 0 bridgehead atoms. The zero-order valence-electron chi connectivity index (χ0n) is 17.8. The van der Waals surface area contributed by atoms with Gasteiger partial charge in [0, 0.05) is 0 Å². The van der Waals surface area contributed by atoms with E-state index < -0.39 is 10.0 Å². The SMILES string of the molecule is Cc1ccc(S(=O)(=O)Nc2ccccc2C(=O)N[C@H](C)COc2ccccc2C)cc1. The van der Waals surface area contributed by atoms with Crippen LogP contribution in [0.25, 0.3) is 0 Å². The van der Waals surface area contributed by atoms with E-state index in [1.165, 1.54) is 12.1 Å². The lowest BCUT2D eigenvalue weighted by Gasteiger charge is -2.18. The molecule has 0 aliphatic carbocycles. The number of aryl methyl sites for hydroxylation is 2. The summed E-state index contributed by atoms with van der Waals surface area (Å²) < 4.78 is 33.8. The number of rotatable bonds is 8. The van der Waals surface area contributed by atoms with E-state index in [1.54, 1.807) is 36.4 Å². The lowest BCUT2D eigenvalue weighted by atomic mass is 10.1. The molecule has 1 atom stereocenters. The zero-order chi connectivity index (χ0) is 22.4. The van der Waals surface area contributed by atoms with Crippen LogP contribution in [0.3, 0.4) is 0 Å². The highest BCUT2D eigenvalue weighted by molar-refractivity contribution is 7.92. The molecule has 162 valence electrons. The molecule has 0 heterocycles. The molecule has 0 spiro atoms. The van der Waals surface area contributed by atoms with Crippen molar-refractivity contribution in [2.75, 3.05) is 11.3 Å². The molecule has 31 heavy (non-hydrogen) atoms. The number of para-hydroxylation sites is 2. The summed E-state index contributed by atoms with van der Waals surface area (Å²) in [5.41, 5.74) is 2.42. The molecule has 1 amide bonds. The maximum absolute atomic E-state index is 12.8. The first-order valence-electron chi connectivity index (χ1n) is 9.94. The Hall–Kier alpha value is -3.32. The molecule has 0 fully saturated rings. The third-order valence-corrected chi connectivity index (χ3v) is 6.09. The summed E-state index contributed by atoms with van der Waals surface area (Å²) in [7, 11) is -3.82. The number of nitrogens with one attached hydrogen (secondary N) is 2. The van der Waals surface area contributed by atoms with E-state index in [-0.39, 0.29) is 34.7 Å². The number of anilines is 1. The molecule has 6 nitrogen and oxygen atoms in total. The van der Waals surface area contributed by atoms with E-state index in [2.05, 4.69) is 10.0 Å². The van der Waals surface area contributed by atoms with Crippen LogP contribution in [0.1, 0.15) is 28.4 Å². The summed E-state index contributed by atoms with van der Waals surface area (Å²) in [4.78, 5) is 13.0. The van der Waals surface area contributed by atoms with Gasteiger partial charge in [0.25, 0.3) is 15.9 Å². The van der Waals surface area contributed by atoms with Crippen LogP contribution in [0.4, 0.5) is 5.69 Å². The Morgan fingerprint density at radius 2 is 1.58 bits per heavy atom. The van der Waals surface area contributed by atoms with E-state index >= 15 is 0 Å². The van der Waals surface area contributed by atoms with Gasteiger partial charge in [-0.2, -0.15) is 0 Å². The van der Waals surface area contributed by atoms with Crippen molar-refractivity contribution in [3.63, 3.8) is 0 Å². The quantitative estimate of drug-likeness (QED) is 0.549. The van der Waals surface area contributed by atoms with E-state index in [0.29, 0.717) is 0 Å².